The summed E-state index contributed by atoms with van der Waals surface area (Å²) in [6.07, 6.45) is 43.2. The predicted octanol–water partition coefficient (Wildman–Crippen LogP) is 12.2. The van der Waals surface area contributed by atoms with E-state index in [1.54, 1.807) is 0 Å². The second kappa shape index (κ2) is 39.9. The first-order valence-corrected chi connectivity index (χ1v) is 23.0. The van der Waals surface area contributed by atoms with Gasteiger partial charge in [0.05, 0.1) is 13.2 Å². The number of esters is 2. The number of allylic oxidation sites excluding steroid dienone is 6. The number of rotatable bonds is 40. The van der Waals surface area contributed by atoms with Crippen molar-refractivity contribution < 1.29 is 37.6 Å². The molecule has 0 aliphatic rings. The number of ether oxygens (including phenoxy) is 2. The van der Waals surface area contributed by atoms with Crippen LogP contribution in [0.4, 0.5) is 0 Å². The fraction of sp³-hybridized carbons (Fsp3) is 0.814. The number of carbonyl (C=O) groups excluding carboxylic acids is 2. The van der Waals surface area contributed by atoms with E-state index in [-0.39, 0.29) is 32.6 Å². The molecule has 10 heteroatoms. The van der Waals surface area contributed by atoms with Crippen molar-refractivity contribution in [2.24, 2.45) is 5.73 Å². The van der Waals surface area contributed by atoms with Crippen molar-refractivity contribution in [3.05, 3.63) is 36.5 Å². The van der Waals surface area contributed by atoms with E-state index in [0.29, 0.717) is 12.8 Å². The smallest absolute Gasteiger partial charge is 0.462 e. The fourth-order valence-electron chi connectivity index (χ4n) is 5.83. The molecule has 2 atom stereocenters. The monoisotopic (exact) mass is 770 g/mol. The molecular weight excluding hydrogens is 689 g/mol. The van der Waals surface area contributed by atoms with Gasteiger partial charge in [-0.1, -0.05) is 172 Å². The van der Waals surface area contributed by atoms with Crippen LogP contribution in [0.3, 0.4) is 0 Å². The van der Waals surface area contributed by atoms with Crippen molar-refractivity contribution in [3.8, 4) is 0 Å². The summed E-state index contributed by atoms with van der Waals surface area (Å²) in [7, 11) is -4.38. The van der Waals surface area contributed by atoms with Gasteiger partial charge in [-0.2, -0.15) is 0 Å². The molecule has 0 spiro atoms. The molecule has 0 amide bonds. The van der Waals surface area contributed by atoms with E-state index < -0.39 is 32.5 Å². The van der Waals surface area contributed by atoms with Crippen molar-refractivity contribution in [2.75, 3.05) is 26.4 Å². The van der Waals surface area contributed by atoms with Crippen molar-refractivity contribution >= 4 is 19.8 Å². The molecule has 0 aliphatic carbocycles. The van der Waals surface area contributed by atoms with Crippen LogP contribution in [0.25, 0.3) is 0 Å². The molecule has 53 heavy (non-hydrogen) atoms. The first-order chi connectivity index (χ1) is 25.8. The Morgan fingerprint density at radius 1 is 0.566 bits per heavy atom. The van der Waals surface area contributed by atoms with Crippen LogP contribution in [0, 0.1) is 0 Å². The van der Waals surface area contributed by atoms with E-state index in [1.807, 2.05) is 0 Å². The summed E-state index contributed by atoms with van der Waals surface area (Å²) in [6, 6.07) is 0. The molecule has 0 saturated carbocycles. The van der Waals surface area contributed by atoms with Crippen LogP contribution in [0.2, 0.25) is 0 Å². The summed E-state index contributed by atoms with van der Waals surface area (Å²) in [5.41, 5.74) is 5.34. The molecule has 0 heterocycles. The van der Waals surface area contributed by atoms with Gasteiger partial charge in [0.15, 0.2) is 6.10 Å². The molecule has 310 valence electrons. The molecule has 0 aromatic rings. The second-order valence-corrected chi connectivity index (χ2v) is 15.7. The Balaban J connectivity index is 4.23. The van der Waals surface area contributed by atoms with E-state index >= 15 is 0 Å². The number of carbonyl (C=O) groups is 2. The number of phosphoric ester groups is 1. The maximum absolute atomic E-state index is 12.6. The average molecular weight is 770 g/mol. The zero-order valence-corrected chi connectivity index (χ0v) is 34.9. The SMILES string of the molecule is CCCCCCCC/C=C\C/C=C\C/C=C\CCCC(=O)OC[C@H](COP(=O)(O)OCCN)OC(=O)CCCCCCCCCCCCCCCCC. The van der Waals surface area contributed by atoms with Gasteiger partial charge in [-0.05, 0) is 44.9 Å². The second-order valence-electron chi connectivity index (χ2n) is 14.2. The lowest BCUT2D eigenvalue weighted by atomic mass is 10.0. The van der Waals surface area contributed by atoms with Crippen LogP contribution in [0.1, 0.15) is 194 Å². The number of unbranched alkanes of at least 4 members (excludes halogenated alkanes) is 21. The molecule has 3 N–H and O–H groups in total. The molecule has 9 nitrogen and oxygen atoms in total. The molecule has 1 unspecified atom stereocenters. The Hall–Kier alpha value is -1.77. The van der Waals surface area contributed by atoms with Crippen LogP contribution in [0.5, 0.6) is 0 Å². The van der Waals surface area contributed by atoms with E-state index in [2.05, 4.69) is 50.3 Å². The van der Waals surface area contributed by atoms with Gasteiger partial charge in [-0.3, -0.25) is 18.6 Å². The summed E-state index contributed by atoms with van der Waals surface area (Å²) in [4.78, 5) is 34.8. The minimum atomic E-state index is -4.38. The summed E-state index contributed by atoms with van der Waals surface area (Å²) >= 11 is 0. The number of phosphoric acid groups is 1. The maximum Gasteiger partial charge on any atom is 0.472 e. The van der Waals surface area contributed by atoms with Gasteiger partial charge in [0.25, 0.3) is 0 Å². The van der Waals surface area contributed by atoms with E-state index in [9.17, 15) is 19.0 Å². The zero-order chi connectivity index (χ0) is 38.9. The summed E-state index contributed by atoms with van der Waals surface area (Å²) < 4.78 is 32.7. The van der Waals surface area contributed by atoms with Crippen LogP contribution < -0.4 is 5.73 Å². The van der Waals surface area contributed by atoms with Gasteiger partial charge in [0.1, 0.15) is 6.61 Å². The molecule has 0 aromatic carbocycles. The molecule has 0 bridgehead atoms. The summed E-state index contributed by atoms with van der Waals surface area (Å²) in [5, 5.41) is 0. The van der Waals surface area contributed by atoms with Gasteiger partial charge in [0.2, 0.25) is 0 Å². The normalized spacial score (nSPS) is 13.7. The third-order valence-corrected chi connectivity index (χ3v) is 10.0. The largest absolute Gasteiger partial charge is 0.472 e. The fourth-order valence-corrected chi connectivity index (χ4v) is 6.59. The molecule has 0 aromatic heterocycles. The lowest BCUT2D eigenvalue weighted by Crippen LogP contribution is -2.29. The van der Waals surface area contributed by atoms with Crippen molar-refractivity contribution in [3.63, 3.8) is 0 Å². The highest BCUT2D eigenvalue weighted by molar-refractivity contribution is 7.47. The van der Waals surface area contributed by atoms with Crippen LogP contribution in [0.15, 0.2) is 36.5 Å². The zero-order valence-electron chi connectivity index (χ0n) is 34.0. The molecule has 0 aliphatic heterocycles. The van der Waals surface area contributed by atoms with Crippen molar-refractivity contribution in [2.45, 2.75) is 200 Å². The molecule has 0 saturated heterocycles. The molecule has 0 fully saturated rings. The number of nitrogens with two attached hydrogens (primary N) is 1. The highest BCUT2D eigenvalue weighted by Gasteiger charge is 2.25. The Morgan fingerprint density at radius 2 is 1.00 bits per heavy atom. The highest BCUT2D eigenvalue weighted by Crippen LogP contribution is 2.43. The number of hydrogen-bond acceptors (Lipinski definition) is 8. The van der Waals surface area contributed by atoms with Gasteiger partial charge >= 0.3 is 19.8 Å². The van der Waals surface area contributed by atoms with Gasteiger partial charge in [-0.25, -0.2) is 4.57 Å². The Bertz CT molecular complexity index is 970. The predicted molar refractivity (Wildman–Crippen MR) is 220 cm³/mol. The van der Waals surface area contributed by atoms with Crippen LogP contribution >= 0.6 is 7.82 Å². The Labute approximate surface area is 324 Å². The molecular formula is C43H80NO8P. The Kier molecular flexibility index (Phi) is 38.6. The first kappa shape index (κ1) is 51.2. The lowest BCUT2D eigenvalue weighted by molar-refractivity contribution is -0.161. The highest BCUT2D eigenvalue weighted by atomic mass is 31.2. The molecule has 0 rings (SSSR count). The van der Waals surface area contributed by atoms with E-state index in [1.165, 1.54) is 109 Å². The summed E-state index contributed by atoms with van der Waals surface area (Å²) in [6.45, 7) is 3.68. The minimum absolute atomic E-state index is 0.0477. The van der Waals surface area contributed by atoms with E-state index in [4.69, 9.17) is 24.3 Å². The quantitative estimate of drug-likeness (QED) is 0.0270. The maximum atomic E-state index is 12.6. The standard InChI is InChI=1S/C43H80NO8P/c1-3-5-7-9-11-13-15-17-19-20-22-23-25-27-29-31-33-35-42(45)49-39-41(40-51-53(47,48)50-38-37-44)52-43(46)36-34-32-30-28-26-24-21-18-16-14-12-10-8-6-4-2/h17,19,22-23,27,29,41H,3-16,18,20-21,24-26,28,30-40,44H2,1-2H3,(H,47,48)/b19-17-,23-22-,29-27-/t41-/m1/s1. The first-order valence-electron chi connectivity index (χ1n) is 21.5. The average Bonchev–Trinajstić information content (AvgIpc) is 3.14. The van der Waals surface area contributed by atoms with Crippen LogP contribution in [-0.2, 0) is 32.7 Å². The van der Waals surface area contributed by atoms with Gasteiger partial charge < -0.3 is 20.1 Å². The van der Waals surface area contributed by atoms with E-state index in [0.717, 1.165) is 44.9 Å². The topological polar surface area (TPSA) is 134 Å². The van der Waals surface area contributed by atoms with Gasteiger partial charge in [0, 0.05) is 19.4 Å². The van der Waals surface area contributed by atoms with Crippen molar-refractivity contribution in [1.82, 2.24) is 0 Å². The third kappa shape index (κ3) is 39.7. The number of hydrogen-bond donors (Lipinski definition) is 2. The van der Waals surface area contributed by atoms with Gasteiger partial charge in [-0.15, -0.1) is 0 Å². The Morgan fingerprint density at radius 3 is 1.51 bits per heavy atom. The van der Waals surface area contributed by atoms with Crippen LogP contribution in [-0.4, -0.2) is 49.3 Å². The minimum Gasteiger partial charge on any atom is -0.462 e. The summed E-state index contributed by atoms with van der Waals surface area (Å²) in [5.74, 6) is -0.885. The van der Waals surface area contributed by atoms with Crippen molar-refractivity contribution in [1.29, 1.82) is 0 Å². The third-order valence-electron chi connectivity index (χ3n) is 9.03. The molecule has 0 radical (unpaired) electrons. The lowest BCUT2D eigenvalue weighted by Gasteiger charge is -2.19.